The van der Waals surface area contributed by atoms with Crippen molar-refractivity contribution < 1.29 is 9.47 Å². The number of rotatable bonds is 5. The Labute approximate surface area is 179 Å². The average molecular weight is 437 g/mol. The molecule has 154 valence electrons. The van der Waals surface area contributed by atoms with E-state index in [1.807, 2.05) is 19.1 Å². The van der Waals surface area contributed by atoms with Crippen molar-refractivity contribution >= 4 is 46.6 Å². The maximum Gasteiger partial charge on any atom is 0.196 e. The van der Waals surface area contributed by atoms with E-state index in [0.29, 0.717) is 35.4 Å². The zero-order valence-corrected chi connectivity index (χ0v) is 17.9. The number of pyridine rings is 2. The number of fused-ring (bicyclic) bond motifs is 2. The van der Waals surface area contributed by atoms with Gasteiger partial charge in [0.05, 0.1) is 25.8 Å². The molecule has 0 bridgehead atoms. The van der Waals surface area contributed by atoms with Crippen LogP contribution in [0.5, 0.6) is 11.5 Å². The van der Waals surface area contributed by atoms with Crippen molar-refractivity contribution in [2.24, 2.45) is 0 Å². The minimum atomic E-state index is -0.0130. The van der Waals surface area contributed by atoms with Crippen LogP contribution in [0.1, 0.15) is 18.1 Å². The van der Waals surface area contributed by atoms with Crippen LogP contribution in [0.4, 0.5) is 0 Å². The topological polar surface area (TPSA) is 82.0 Å². The smallest absolute Gasteiger partial charge is 0.196 e. The second-order valence-electron chi connectivity index (χ2n) is 6.27. The highest BCUT2D eigenvalue weighted by atomic mass is 35.5. The van der Waals surface area contributed by atoms with Crippen LogP contribution < -0.4 is 14.9 Å². The third kappa shape index (κ3) is 3.88. The molecule has 0 amide bonds. The van der Waals surface area contributed by atoms with Crippen molar-refractivity contribution in [2.75, 3.05) is 14.2 Å². The number of nitrogens with one attached hydrogen (secondary N) is 1. The summed E-state index contributed by atoms with van der Waals surface area (Å²) in [5.41, 5.74) is 2.35. The first-order chi connectivity index (χ1) is 13.2. The van der Waals surface area contributed by atoms with E-state index < -0.39 is 0 Å². The van der Waals surface area contributed by atoms with E-state index in [-0.39, 0.29) is 30.2 Å². The van der Waals surface area contributed by atoms with Crippen LogP contribution in [0.25, 0.3) is 21.8 Å². The highest BCUT2D eigenvalue weighted by Gasteiger charge is 2.13. The number of benzene rings is 1. The van der Waals surface area contributed by atoms with E-state index in [1.54, 1.807) is 43.7 Å². The quantitative estimate of drug-likeness (QED) is 0.515. The third-order valence-corrected chi connectivity index (χ3v) is 4.78. The van der Waals surface area contributed by atoms with Gasteiger partial charge in [-0.1, -0.05) is 0 Å². The summed E-state index contributed by atoms with van der Waals surface area (Å²) in [5, 5.41) is 6.77. The zero-order valence-electron chi connectivity index (χ0n) is 16.3. The summed E-state index contributed by atoms with van der Waals surface area (Å²) < 4.78 is 12.6. The molecule has 0 unspecified atom stereocenters. The molecule has 7 nitrogen and oxygen atoms in total. The lowest BCUT2D eigenvalue weighted by Crippen LogP contribution is -2.11. The predicted molar refractivity (Wildman–Crippen MR) is 118 cm³/mol. The highest BCUT2D eigenvalue weighted by molar-refractivity contribution is 5.88. The Balaban J connectivity index is 0.00000150. The van der Waals surface area contributed by atoms with Gasteiger partial charge in [0.1, 0.15) is 5.65 Å². The molecule has 1 N–H and O–H groups in total. The molecular weight excluding hydrogens is 415 g/mol. The van der Waals surface area contributed by atoms with Gasteiger partial charge in [-0.05, 0) is 30.0 Å². The first-order valence-electron chi connectivity index (χ1n) is 8.71. The lowest BCUT2D eigenvalue weighted by atomic mass is 10.0. The van der Waals surface area contributed by atoms with Gasteiger partial charge in [-0.2, -0.15) is 5.10 Å². The van der Waals surface area contributed by atoms with Gasteiger partial charge in [0.15, 0.2) is 16.9 Å². The average Bonchev–Trinajstić information content (AvgIpc) is 3.13. The first-order valence-corrected chi connectivity index (χ1v) is 8.71. The van der Waals surface area contributed by atoms with Crippen LogP contribution in [0, 0.1) is 0 Å². The molecule has 0 aliphatic rings. The number of hydrogen-bond acceptors (Lipinski definition) is 5. The second-order valence-corrected chi connectivity index (χ2v) is 6.27. The summed E-state index contributed by atoms with van der Waals surface area (Å²) in [5.74, 6) is 1.29. The van der Waals surface area contributed by atoms with E-state index in [9.17, 15) is 4.79 Å². The lowest BCUT2D eigenvalue weighted by molar-refractivity contribution is 0.356. The molecule has 3 heterocycles. The molecule has 3 aromatic heterocycles. The molecule has 4 rings (SSSR count). The Morgan fingerprint density at radius 3 is 2.41 bits per heavy atom. The molecule has 0 atom stereocenters. The summed E-state index contributed by atoms with van der Waals surface area (Å²) >= 11 is 0. The van der Waals surface area contributed by atoms with Gasteiger partial charge < -0.3 is 14.5 Å². The van der Waals surface area contributed by atoms with Crippen molar-refractivity contribution in [1.29, 1.82) is 0 Å². The molecule has 4 aromatic rings. The largest absolute Gasteiger partial charge is 0.493 e. The van der Waals surface area contributed by atoms with Crippen LogP contribution in [0.15, 0.2) is 41.7 Å². The Kier molecular flexibility index (Phi) is 7.11. The number of nitrogens with zero attached hydrogens (tertiary/aromatic N) is 3. The number of halogens is 2. The number of ether oxygens (including phenoxy) is 2. The summed E-state index contributed by atoms with van der Waals surface area (Å²) in [6.45, 7) is 2.69. The van der Waals surface area contributed by atoms with Crippen LogP contribution in [0.2, 0.25) is 0 Å². The van der Waals surface area contributed by atoms with E-state index in [4.69, 9.17) is 9.47 Å². The summed E-state index contributed by atoms with van der Waals surface area (Å²) in [6, 6.07) is 3.82. The fraction of sp³-hybridized carbons (Fsp3) is 0.250. The number of aromatic nitrogens is 4. The molecule has 29 heavy (non-hydrogen) atoms. The van der Waals surface area contributed by atoms with Crippen LogP contribution in [0.3, 0.4) is 0 Å². The van der Waals surface area contributed by atoms with E-state index in [2.05, 4.69) is 15.1 Å². The van der Waals surface area contributed by atoms with Crippen LogP contribution in [-0.2, 0) is 13.0 Å². The maximum atomic E-state index is 12.9. The third-order valence-electron chi connectivity index (χ3n) is 4.78. The summed E-state index contributed by atoms with van der Waals surface area (Å²) in [7, 11) is 3.21. The Morgan fingerprint density at radius 2 is 1.72 bits per heavy atom. The second kappa shape index (κ2) is 9.15. The molecule has 0 saturated heterocycles. The summed E-state index contributed by atoms with van der Waals surface area (Å²) in [4.78, 5) is 20.4. The predicted octanol–water partition coefficient (Wildman–Crippen LogP) is 3.74. The number of hydrogen-bond donors (Lipinski definition) is 1. The van der Waals surface area contributed by atoms with Crippen LogP contribution in [-0.4, -0.2) is 34.0 Å². The van der Waals surface area contributed by atoms with Gasteiger partial charge >= 0.3 is 0 Å². The molecular formula is C20H22Cl2N4O3. The molecule has 0 saturated carbocycles. The van der Waals surface area contributed by atoms with Gasteiger partial charge in [-0.25, -0.2) is 4.68 Å². The van der Waals surface area contributed by atoms with E-state index in [1.165, 1.54) is 0 Å². The molecule has 0 fully saturated rings. The summed E-state index contributed by atoms with van der Waals surface area (Å²) in [6.07, 6.45) is 7.41. The monoisotopic (exact) mass is 436 g/mol. The molecule has 9 heteroatoms. The number of H-pyrrole nitrogens is 1. The molecule has 0 radical (unpaired) electrons. The zero-order chi connectivity index (χ0) is 19.0. The van der Waals surface area contributed by atoms with Gasteiger partial charge in [-0.15, -0.1) is 24.8 Å². The molecule has 0 aliphatic carbocycles. The van der Waals surface area contributed by atoms with E-state index in [0.717, 1.165) is 22.0 Å². The first kappa shape index (κ1) is 22.5. The normalized spacial score (nSPS) is 10.4. The maximum absolute atomic E-state index is 12.9. The SMILES string of the molecule is CCn1ncc2c(=O)c(Cc3cncc4cc(OC)c(OC)cc34)c[nH]c21.Cl.Cl. The van der Waals surface area contributed by atoms with Crippen molar-refractivity contribution in [1.82, 2.24) is 19.7 Å². The van der Waals surface area contributed by atoms with Crippen LogP contribution >= 0.6 is 24.8 Å². The van der Waals surface area contributed by atoms with Gasteiger partial charge in [0, 0.05) is 42.5 Å². The highest BCUT2D eigenvalue weighted by Crippen LogP contribution is 2.33. The number of methoxy groups -OCH3 is 2. The molecule has 0 spiro atoms. The Bertz CT molecular complexity index is 1200. The number of aromatic amines is 1. The fourth-order valence-electron chi connectivity index (χ4n) is 3.37. The Morgan fingerprint density at radius 1 is 1.00 bits per heavy atom. The molecule has 1 aromatic carbocycles. The van der Waals surface area contributed by atoms with Crippen molar-refractivity contribution in [2.45, 2.75) is 19.9 Å². The van der Waals surface area contributed by atoms with Crippen molar-refractivity contribution in [3.05, 3.63) is 58.3 Å². The lowest BCUT2D eigenvalue weighted by Gasteiger charge is -2.11. The minimum absolute atomic E-state index is 0. The Hall–Kier alpha value is -2.77. The molecule has 0 aliphatic heterocycles. The van der Waals surface area contributed by atoms with Gasteiger partial charge in [0.25, 0.3) is 0 Å². The van der Waals surface area contributed by atoms with Gasteiger partial charge in [0.2, 0.25) is 0 Å². The van der Waals surface area contributed by atoms with Crippen molar-refractivity contribution in [3.63, 3.8) is 0 Å². The fourth-order valence-corrected chi connectivity index (χ4v) is 3.37. The van der Waals surface area contributed by atoms with E-state index >= 15 is 0 Å². The van der Waals surface area contributed by atoms with Gasteiger partial charge in [-0.3, -0.25) is 9.78 Å². The number of aryl methyl sites for hydroxylation is 1. The van der Waals surface area contributed by atoms with Crippen molar-refractivity contribution in [3.8, 4) is 11.5 Å². The minimum Gasteiger partial charge on any atom is -0.493 e. The standard InChI is InChI=1S/C20H20N4O3.2ClH/c1-4-24-20-16(11-23-24)19(25)14(10-22-20)5-12-8-21-9-13-6-17(26-2)18(27-3)7-15(12)13;;/h6-11H,4-5H2,1-3H3,(H,22,25);2*1H.